The molecule has 1 aliphatic rings. The van der Waals surface area contributed by atoms with Crippen LogP contribution in [0.15, 0.2) is 12.2 Å². The Morgan fingerprint density at radius 3 is 2.24 bits per heavy atom. The maximum atomic E-state index is 12.4. The summed E-state index contributed by atoms with van der Waals surface area (Å²) >= 11 is 0. The molecule has 5 nitrogen and oxygen atoms in total. The van der Waals surface area contributed by atoms with Crippen LogP contribution in [0.4, 0.5) is 0 Å². The Bertz CT molecular complexity index is 690. The molecule has 0 radical (unpaired) electrons. The molecule has 1 saturated carbocycles. The van der Waals surface area contributed by atoms with Crippen LogP contribution in [0.5, 0.6) is 0 Å². The second-order valence-electron chi connectivity index (χ2n) is 12.7. The van der Waals surface area contributed by atoms with Gasteiger partial charge in [-0.3, -0.25) is 4.57 Å². The Kier molecular flexibility index (Phi) is 16.1. The largest absolute Gasteiger partial charge is 0.414 e. The molecule has 0 saturated heterocycles. The molecule has 0 aromatic rings. The number of ether oxygens (including phenoxy) is 2. The van der Waals surface area contributed by atoms with Gasteiger partial charge in [0.1, 0.15) is 0 Å². The minimum absolute atomic E-state index is 0.167. The minimum atomic E-state index is -2.42. The summed E-state index contributed by atoms with van der Waals surface area (Å²) in [6, 6.07) is 0. The van der Waals surface area contributed by atoms with Crippen molar-refractivity contribution in [1.82, 2.24) is 0 Å². The van der Waals surface area contributed by atoms with Crippen molar-refractivity contribution in [2.24, 2.45) is 11.8 Å². The molecule has 0 amide bonds. The van der Waals surface area contributed by atoms with E-state index in [4.69, 9.17) is 18.4 Å². The molecule has 220 valence electrons. The third kappa shape index (κ3) is 12.4. The van der Waals surface area contributed by atoms with E-state index in [1.807, 2.05) is 21.1 Å². The molecule has 0 heterocycles. The summed E-state index contributed by atoms with van der Waals surface area (Å²) in [5, 5.41) is 0.184. The first-order valence-electron chi connectivity index (χ1n) is 14.9. The van der Waals surface area contributed by atoms with Crippen molar-refractivity contribution in [3.05, 3.63) is 12.2 Å². The smallest absolute Gasteiger partial charge is 0.200 e. The highest BCUT2D eigenvalue weighted by atomic mass is 31.2. The van der Waals surface area contributed by atoms with E-state index in [-0.39, 0.29) is 23.4 Å². The molecular weight excluding hydrogens is 499 g/mol. The van der Waals surface area contributed by atoms with Gasteiger partial charge in [-0.1, -0.05) is 78.4 Å². The van der Waals surface area contributed by atoms with Crippen LogP contribution in [0.25, 0.3) is 0 Å². The zero-order valence-electron chi connectivity index (χ0n) is 26.0. The second kappa shape index (κ2) is 17.0. The van der Waals surface area contributed by atoms with Crippen LogP contribution in [0.2, 0.25) is 18.1 Å². The number of hydrogen-bond acceptors (Lipinski definition) is 5. The average molecular weight is 561 g/mol. The van der Waals surface area contributed by atoms with Crippen molar-refractivity contribution in [2.75, 3.05) is 33.7 Å². The highest BCUT2D eigenvalue weighted by molar-refractivity contribution is 7.58. The van der Waals surface area contributed by atoms with Crippen LogP contribution in [-0.2, 0) is 23.0 Å². The molecule has 1 aliphatic carbocycles. The fourth-order valence-corrected chi connectivity index (χ4v) is 8.14. The summed E-state index contributed by atoms with van der Waals surface area (Å²) in [4.78, 5) is 0. The van der Waals surface area contributed by atoms with Crippen LogP contribution in [0.3, 0.4) is 0 Å². The molecular formula is C30H61O5PSi. The van der Waals surface area contributed by atoms with Gasteiger partial charge in [0, 0.05) is 33.0 Å². The molecule has 1 unspecified atom stereocenters. The maximum Gasteiger partial charge on any atom is 0.200 e. The predicted octanol–water partition coefficient (Wildman–Crippen LogP) is 9.07. The first-order valence-corrected chi connectivity index (χ1v) is 20.1. The number of rotatable bonds is 19. The summed E-state index contributed by atoms with van der Waals surface area (Å²) in [6.07, 6.45) is 17.2. The molecule has 1 fully saturated rings. The molecule has 0 N–H and O–H groups in total. The van der Waals surface area contributed by atoms with Gasteiger partial charge in [-0.15, -0.1) is 0 Å². The minimum Gasteiger partial charge on any atom is -0.414 e. The van der Waals surface area contributed by atoms with E-state index in [0.29, 0.717) is 24.6 Å². The van der Waals surface area contributed by atoms with Gasteiger partial charge in [-0.25, -0.2) is 0 Å². The van der Waals surface area contributed by atoms with Crippen molar-refractivity contribution in [2.45, 2.75) is 135 Å². The van der Waals surface area contributed by atoms with Crippen molar-refractivity contribution in [3.8, 4) is 0 Å². The molecule has 0 spiro atoms. The monoisotopic (exact) mass is 560 g/mol. The van der Waals surface area contributed by atoms with Gasteiger partial charge in [0.05, 0.1) is 24.9 Å². The van der Waals surface area contributed by atoms with Gasteiger partial charge >= 0.3 is 0 Å². The van der Waals surface area contributed by atoms with Gasteiger partial charge in [-0.2, -0.15) is 0 Å². The Morgan fingerprint density at radius 2 is 1.68 bits per heavy atom. The van der Waals surface area contributed by atoms with Gasteiger partial charge < -0.3 is 18.4 Å². The molecule has 6 atom stereocenters. The second-order valence-corrected chi connectivity index (χ2v) is 20.2. The molecule has 0 bridgehead atoms. The standard InChI is InChI=1S/C30H61O5PSi/c1-11-13-16-19-25(32-6)21-22-27-26(20-17-14-15-18-23-36(8,31)34-12-2)29(24-28(27)33-7)35-37(9,10)30(3,4)5/h21-22,25-29H,11-20,23-24H2,1-10H3/b22-21+/t25-,26+,27+,28+,29-,36?/m0/s1. The third-order valence-electron chi connectivity index (χ3n) is 8.62. The van der Waals surface area contributed by atoms with E-state index in [2.05, 4.69) is 52.9 Å². The number of hydrogen-bond donors (Lipinski definition) is 0. The van der Waals surface area contributed by atoms with E-state index in [9.17, 15) is 4.57 Å². The molecule has 0 aromatic carbocycles. The quantitative estimate of drug-likeness (QED) is 0.0682. The van der Waals surface area contributed by atoms with E-state index >= 15 is 0 Å². The van der Waals surface area contributed by atoms with Gasteiger partial charge in [0.25, 0.3) is 0 Å². The topological polar surface area (TPSA) is 54.0 Å². The summed E-state index contributed by atoms with van der Waals surface area (Å²) in [7, 11) is -0.635. The van der Waals surface area contributed by atoms with Gasteiger partial charge in [-0.05, 0) is 56.7 Å². The Morgan fingerprint density at radius 1 is 1.00 bits per heavy atom. The molecule has 0 aromatic heterocycles. The van der Waals surface area contributed by atoms with E-state index in [1.54, 1.807) is 6.66 Å². The molecule has 7 heteroatoms. The average Bonchev–Trinajstić information content (AvgIpc) is 3.13. The summed E-state index contributed by atoms with van der Waals surface area (Å²) < 4.78 is 36.7. The van der Waals surface area contributed by atoms with Crippen LogP contribution < -0.4 is 0 Å². The van der Waals surface area contributed by atoms with Crippen LogP contribution in [0, 0.1) is 11.8 Å². The van der Waals surface area contributed by atoms with Gasteiger partial charge in [0.15, 0.2) is 15.7 Å². The highest BCUT2D eigenvalue weighted by Gasteiger charge is 2.47. The highest BCUT2D eigenvalue weighted by Crippen LogP contribution is 2.46. The Balaban J connectivity index is 2.92. The lowest BCUT2D eigenvalue weighted by Crippen LogP contribution is -2.45. The molecule has 1 rings (SSSR count). The zero-order valence-corrected chi connectivity index (χ0v) is 27.9. The first kappa shape index (κ1) is 35.1. The first-order chi connectivity index (χ1) is 17.3. The lowest BCUT2D eigenvalue weighted by Gasteiger charge is -2.40. The lowest BCUT2D eigenvalue weighted by atomic mass is 9.87. The number of methoxy groups -OCH3 is 2. The summed E-state index contributed by atoms with van der Waals surface area (Å²) in [5.41, 5.74) is 0. The zero-order chi connectivity index (χ0) is 28.1. The van der Waals surface area contributed by atoms with Crippen molar-refractivity contribution >= 4 is 15.7 Å². The molecule has 37 heavy (non-hydrogen) atoms. The van der Waals surface area contributed by atoms with Crippen LogP contribution >= 0.6 is 7.37 Å². The van der Waals surface area contributed by atoms with E-state index < -0.39 is 15.7 Å². The van der Waals surface area contributed by atoms with Crippen molar-refractivity contribution in [1.29, 1.82) is 0 Å². The normalized spacial score (nSPS) is 25.6. The van der Waals surface area contributed by atoms with Gasteiger partial charge in [0.2, 0.25) is 0 Å². The van der Waals surface area contributed by atoms with Crippen LogP contribution in [0.1, 0.15) is 98.8 Å². The summed E-state index contributed by atoms with van der Waals surface area (Å²) in [5.74, 6) is 0.793. The van der Waals surface area contributed by atoms with Crippen molar-refractivity contribution in [3.63, 3.8) is 0 Å². The van der Waals surface area contributed by atoms with E-state index in [1.165, 1.54) is 19.3 Å². The maximum absolute atomic E-state index is 12.4. The third-order valence-corrected chi connectivity index (χ3v) is 15.1. The van der Waals surface area contributed by atoms with E-state index in [0.717, 1.165) is 44.9 Å². The van der Waals surface area contributed by atoms with Crippen molar-refractivity contribution < 1.29 is 23.0 Å². The molecule has 0 aliphatic heterocycles. The van der Waals surface area contributed by atoms with Crippen LogP contribution in [-0.4, -0.2) is 60.3 Å². The number of unbranched alkanes of at least 4 members (excludes halogenated alkanes) is 5. The Hall–Kier alpha value is 0.0269. The SMILES string of the molecule is CCCCC[C@@H](/C=C/[C@@H]1[C@@H](CCCCCCP(C)(=O)OCC)[C@@H](O[Si](C)(C)C(C)(C)C)C[C@H]1OC)OC. The fourth-order valence-electron chi connectivity index (χ4n) is 5.28. The summed E-state index contributed by atoms with van der Waals surface area (Å²) in [6.45, 7) is 18.2. The predicted molar refractivity (Wildman–Crippen MR) is 162 cm³/mol. The lowest BCUT2D eigenvalue weighted by molar-refractivity contribution is 0.0744. The fraction of sp³-hybridized carbons (Fsp3) is 0.933. The Labute approximate surface area is 231 Å².